The molecule has 1 aromatic heterocycles. The Hall–Kier alpha value is -2.35. The van der Waals surface area contributed by atoms with Crippen LogP contribution in [-0.2, 0) is 0 Å². The van der Waals surface area contributed by atoms with Crippen molar-refractivity contribution < 1.29 is 4.79 Å². The third kappa shape index (κ3) is 1.69. The highest BCUT2D eigenvalue weighted by atomic mass is 16.1. The maximum Gasteiger partial charge on any atom is 0.249 e. The number of aromatic nitrogens is 1. The van der Waals surface area contributed by atoms with Crippen molar-refractivity contribution in [1.29, 1.82) is 5.26 Å². The lowest BCUT2D eigenvalue weighted by atomic mass is 10.1. The maximum absolute atomic E-state index is 11.0. The molecule has 0 fully saturated rings. The van der Waals surface area contributed by atoms with Crippen molar-refractivity contribution in [2.24, 2.45) is 5.73 Å². The summed E-state index contributed by atoms with van der Waals surface area (Å²) in [5.74, 6) is -0.304. The normalized spacial score (nSPS) is 8.79. The fraction of sp³-hybridized carbons (Fsp3) is 0. The molecular weight excluding hydrogens is 180 g/mol. The maximum atomic E-state index is 11.0. The number of amides is 1. The molecule has 0 saturated heterocycles. The number of nitrogens with zero attached hydrogens (tertiary/aromatic N) is 2. The van der Waals surface area contributed by atoms with Gasteiger partial charge in [0.05, 0.1) is 5.56 Å². The van der Waals surface area contributed by atoms with Crippen molar-refractivity contribution in [3.8, 4) is 6.19 Å². The first-order valence-electron chi connectivity index (χ1n) is 3.77. The second-order valence-electron chi connectivity index (χ2n) is 2.43. The van der Waals surface area contributed by atoms with E-state index in [1.807, 2.05) is 0 Å². The first-order valence-corrected chi connectivity index (χ1v) is 3.77. The second-order valence-corrected chi connectivity index (χ2v) is 2.43. The van der Waals surface area contributed by atoms with Gasteiger partial charge in [-0.25, -0.2) is 4.98 Å². The van der Waals surface area contributed by atoms with Gasteiger partial charge in [-0.3, -0.25) is 10.1 Å². The van der Waals surface area contributed by atoms with E-state index in [-0.39, 0.29) is 11.4 Å². The van der Waals surface area contributed by atoms with Gasteiger partial charge >= 0.3 is 0 Å². The summed E-state index contributed by atoms with van der Waals surface area (Å²) in [6, 6.07) is 1.47. The number of rotatable bonds is 3. The SMILES string of the molecule is C=Cc1c(C(N)=O)ccnc1NC#N. The number of nitrogens with one attached hydrogen (secondary N) is 1. The second kappa shape index (κ2) is 4.05. The van der Waals surface area contributed by atoms with E-state index >= 15 is 0 Å². The van der Waals surface area contributed by atoms with Gasteiger partial charge in [-0.2, -0.15) is 5.26 Å². The highest BCUT2D eigenvalue weighted by molar-refractivity contribution is 5.98. The minimum Gasteiger partial charge on any atom is -0.366 e. The molecule has 0 bridgehead atoms. The van der Waals surface area contributed by atoms with E-state index in [0.717, 1.165) is 0 Å². The first kappa shape index (κ1) is 9.74. The van der Waals surface area contributed by atoms with Gasteiger partial charge in [0.1, 0.15) is 5.82 Å². The largest absolute Gasteiger partial charge is 0.366 e. The highest BCUT2D eigenvalue weighted by Crippen LogP contribution is 2.17. The molecule has 0 aliphatic rings. The molecule has 1 heterocycles. The van der Waals surface area contributed by atoms with Gasteiger partial charge in [-0.1, -0.05) is 12.7 Å². The fourth-order valence-corrected chi connectivity index (χ4v) is 1.05. The van der Waals surface area contributed by atoms with Crippen molar-refractivity contribution >= 4 is 17.8 Å². The van der Waals surface area contributed by atoms with Crippen LogP contribution in [0, 0.1) is 11.5 Å². The van der Waals surface area contributed by atoms with Crippen molar-refractivity contribution in [3.63, 3.8) is 0 Å². The van der Waals surface area contributed by atoms with Gasteiger partial charge < -0.3 is 5.73 Å². The molecule has 1 aromatic rings. The first-order chi connectivity index (χ1) is 6.70. The van der Waals surface area contributed by atoms with Crippen LogP contribution in [0.15, 0.2) is 18.8 Å². The monoisotopic (exact) mass is 188 g/mol. The van der Waals surface area contributed by atoms with Crippen LogP contribution in [-0.4, -0.2) is 10.9 Å². The topological polar surface area (TPSA) is 91.8 Å². The van der Waals surface area contributed by atoms with E-state index in [0.29, 0.717) is 5.56 Å². The number of nitrogens with two attached hydrogens (primary N) is 1. The van der Waals surface area contributed by atoms with Crippen molar-refractivity contribution in [2.45, 2.75) is 0 Å². The standard InChI is InChI=1S/C9H8N4O/c1-2-6-7(8(11)14)3-4-12-9(6)13-5-10/h2-4H,1H2,(H2,11,14)(H,12,13). The van der Waals surface area contributed by atoms with Crippen molar-refractivity contribution in [1.82, 2.24) is 4.98 Å². The number of anilines is 1. The van der Waals surface area contributed by atoms with Crippen LogP contribution >= 0.6 is 0 Å². The number of carbonyl (C=O) groups excluding carboxylic acids is 1. The highest BCUT2D eigenvalue weighted by Gasteiger charge is 2.10. The molecular formula is C9H8N4O. The summed E-state index contributed by atoms with van der Waals surface area (Å²) in [7, 11) is 0. The van der Waals surface area contributed by atoms with Gasteiger partial charge in [0.2, 0.25) is 5.91 Å². The molecule has 5 heteroatoms. The number of pyridine rings is 1. The van der Waals surface area contributed by atoms with E-state index in [9.17, 15) is 4.79 Å². The average Bonchev–Trinajstić information content (AvgIpc) is 2.18. The molecule has 14 heavy (non-hydrogen) atoms. The molecule has 70 valence electrons. The summed E-state index contributed by atoms with van der Waals surface area (Å²) in [6.45, 7) is 3.52. The average molecular weight is 188 g/mol. The molecule has 5 nitrogen and oxygen atoms in total. The van der Waals surface area contributed by atoms with Crippen molar-refractivity contribution in [2.75, 3.05) is 5.32 Å². The Labute approximate surface area is 80.9 Å². The molecule has 0 atom stereocenters. The van der Waals surface area contributed by atoms with E-state index in [4.69, 9.17) is 11.0 Å². The van der Waals surface area contributed by atoms with Gasteiger partial charge in [-0.15, -0.1) is 0 Å². The third-order valence-corrected chi connectivity index (χ3v) is 1.63. The zero-order chi connectivity index (χ0) is 10.6. The molecule has 0 aliphatic heterocycles. The van der Waals surface area contributed by atoms with Crippen LogP contribution in [0.1, 0.15) is 15.9 Å². The van der Waals surface area contributed by atoms with Crippen molar-refractivity contribution in [3.05, 3.63) is 30.0 Å². The van der Waals surface area contributed by atoms with Gasteiger partial charge in [0.15, 0.2) is 6.19 Å². The summed E-state index contributed by atoms with van der Waals surface area (Å²) < 4.78 is 0. The lowest BCUT2D eigenvalue weighted by molar-refractivity contribution is 0.1000. The van der Waals surface area contributed by atoms with Crippen LogP contribution < -0.4 is 11.1 Å². The van der Waals surface area contributed by atoms with E-state index < -0.39 is 5.91 Å². The Balaban J connectivity index is 3.33. The number of hydrogen-bond acceptors (Lipinski definition) is 4. The molecule has 0 radical (unpaired) electrons. The number of carbonyl (C=O) groups is 1. The molecule has 0 aromatic carbocycles. The lowest BCUT2D eigenvalue weighted by Crippen LogP contribution is -2.14. The fourth-order valence-electron chi connectivity index (χ4n) is 1.05. The summed E-state index contributed by atoms with van der Waals surface area (Å²) in [5, 5.41) is 10.8. The predicted octanol–water partition coefficient (Wildman–Crippen LogP) is 0.716. The van der Waals surface area contributed by atoms with Gasteiger partial charge in [0, 0.05) is 11.8 Å². The Bertz CT molecular complexity index is 419. The van der Waals surface area contributed by atoms with Crippen LogP contribution in [0.5, 0.6) is 0 Å². The molecule has 0 spiro atoms. The van der Waals surface area contributed by atoms with E-state index in [2.05, 4.69) is 16.9 Å². The van der Waals surface area contributed by atoms with Gasteiger partial charge in [0.25, 0.3) is 0 Å². The summed E-state index contributed by atoms with van der Waals surface area (Å²) in [6.07, 6.45) is 4.53. The molecule has 0 aliphatic carbocycles. The number of nitriles is 1. The molecule has 0 unspecified atom stereocenters. The number of primary amides is 1. The van der Waals surface area contributed by atoms with E-state index in [1.54, 1.807) is 6.19 Å². The number of hydrogen-bond donors (Lipinski definition) is 2. The minimum atomic E-state index is -0.580. The smallest absolute Gasteiger partial charge is 0.249 e. The third-order valence-electron chi connectivity index (χ3n) is 1.63. The minimum absolute atomic E-state index is 0.277. The van der Waals surface area contributed by atoms with Crippen LogP contribution in [0.3, 0.4) is 0 Å². The van der Waals surface area contributed by atoms with E-state index in [1.165, 1.54) is 18.3 Å². The lowest BCUT2D eigenvalue weighted by Gasteiger charge is -2.05. The Morgan fingerprint density at radius 2 is 2.50 bits per heavy atom. The molecule has 3 N–H and O–H groups in total. The van der Waals surface area contributed by atoms with Gasteiger partial charge in [-0.05, 0) is 6.07 Å². The Morgan fingerprint density at radius 3 is 3.00 bits per heavy atom. The zero-order valence-electron chi connectivity index (χ0n) is 7.32. The Kier molecular flexibility index (Phi) is 2.82. The van der Waals surface area contributed by atoms with Crippen LogP contribution in [0.2, 0.25) is 0 Å². The molecule has 1 amide bonds. The quantitative estimate of drug-likeness (QED) is 0.540. The molecule has 1 rings (SSSR count). The Morgan fingerprint density at radius 1 is 1.79 bits per heavy atom. The van der Waals surface area contributed by atoms with Crippen LogP contribution in [0.25, 0.3) is 6.08 Å². The predicted molar refractivity (Wildman–Crippen MR) is 52.1 cm³/mol. The summed E-state index contributed by atoms with van der Waals surface area (Å²) in [4.78, 5) is 14.8. The summed E-state index contributed by atoms with van der Waals surface area (Å²) >= 11 is 0. The summed E-state index contributed by atoms with van der Waals surface area (Å²) in [5.41, 5.74) is 5.85. The molecule has 0 saturated carbocycles. The zero-order valence-corrected chi connectivity index (χ0v) is 7.32. The van der Waals surface area contributed by atoms with Crippen LogP contribution in [0.4, 0.5) is 5.82 Å².